The Morgan fingerprint density at radius 3 is 2.29 bits per heavy atom. The molecule has 0 atom stereocenters. The fourth-order valence-electron chi connectivity index (χ4n) is 1.18. The van der Waals surface area contributed by atoms with Gasteiger partial charge in [0, 0.05) is 6.42 Å². The molecule has 0 aromatic carbocycles. The number of ether oxygens (including phenoxy) is 3. The maximum Gasteiger partial charge on any atom is 0.305 e. The Labute approximate surface area is 102 Å². The third-order valence-corrected chi connectivity index (χ3v) is 2.07. The second-order valence-electron chi connectivity index (χ2n) is 3.59. The first-order chi connectivity index (χ1) is 8.31. The fourth-order valence-corrected chi connectivity index (χ4v) is 1.18. The van der Waals surface area contributed by atoms with E-state index in [4.69, 9.17) is 14.2 Å². The molecule has 0 unspecified atom stereocenters. The van der Waals surface area contributed by atoms with Gasteiger partial charge in [-0.1, -0.05) is 19.8 Å². The maximum absolute atomic E-state index is 11.6. The molecule has 0 spiro atoms. The lowest BCUT2D eigenvalue weighted by Gasteiger charge is -2.06. The lowest BCUT2D eigenvalue weighted by atomic mass is 10.2. The van der Waals surface area contributed by atoms with E-state index in [1.165, 1.54) is 0 Å². The van der Waals surface area contributed by atoms with Crippen LogP contribution in [0.4, 0.5) is 4.39 Å². The van der Waals surface area contributed by atoms with Crippen LogP contribution in [0.15, 0.2) is 0 Å². The molecule has 0 bridgehead atoms. The molecule has 0 aliphatic heterocycles. The van der Waals surface area contributed by atoms with Gasteiger partial charge in [0.25, 0.3) is 0 Å². The Morgan fingerprint density at radius 1 is 1.00 bits per heavy atom. The molecule has 0 rings (SSSR count). The summed E-state index contributed by atoms with van der Waals surface area (Å²) >= 11 is 0. The predicted octanol–water partition coefficient (Wildman–Crippen LogP) is 2.11. The Morgan fingerprint density at radius 2 is 1.65 bits per heavy atom. The number of carbonyl (C=O) groups excluding carboxylic acids is 1. The van der Waals surface area contributed by atoms with Crippen molar-refractivity contribution in [1.29, 1.82) is 0 Å². The van der Waals surface area contributed by atoms with Crippen molar-refractivity contribution in [2.24, 2.45) is 0 Å². The van der Waals surface area contributed by atoms with E-state index in [1.807, 2.05) is 0 Å². The number of esters is 1. The van der Waals surface area contributed by atoms with Crippen LogP contribution in [-0.4, -0.2) is 45.7 Å². The Kier molecular flexibility index (Phi) is 12.8. The van der Waals surface area contributed by atoms with Crippen molar-refractivity contribution >= 4 is 5.97 Å². The van der Waals surface area contributed by atoms with E-state index in [9.17, 15) is 9.18 Å². The van der Waals surface area contributed by atoms with Gasteiger partial charge in [0.05, 0.1) is 26.4 Å². The molecule has 0 saturated heterocycles. The van der Waals surface area contributed by atoms with Gasteiger partial charge in [0.1, 0.15) is 13.3 Å². The van der Waals surface area contributed by atoms with Crippen LogP contribution in [0.3, 0.4) is 0 Å². The van der Waals surface area contributed by atoms with Gasteiger partial charge in [-0.3, -0.25) is 4.79 Å². The number of hydrogen-bond acceptors (Lipinski definition) is 4. The zero-order valence-corrected chi connectivity index (χ0v) is 10.6. The van der Waals surface area contributed by atoms with Gasteiger partial charge in [-0.05, 0) is 6.42 Å². The minimum atomic E-state index is -0.477. The van der Waals surface area contributed by atoms with E-state index in [1.54, 1.807) is 0 Å². The van der Waals surface area contributed by atoms with E-state index in [0.717, 1.165) is 19.3 Å². The van der Waals surface area contributed by atoms with Crippen LogP contribution in [0.5, 0.6) is 0 Å². The van der Waals surface area contributed by atoms with Crippen molar-refractivity contribution in [3.05, 3.63) is 0 Å². The molecule has 102 valence electrons. The van der Waals surface area contributed by atoms with Crippen molar-refractivity contribution in [2.75, 3.05) is 39.7 Å². The molecule has 17 heavy (non-hydrogen) atoms. The first-order valence-corrected chi connectivity index (χ1v) is 6.18. The Bertz CT molecular complexity index is 176. The molecule has 0 aliphatic rings. The summed E-state index contributed by atoms with van der Waals surface area (Å²) in [5.74, 6) is -0.171. The third kappa shape index (κ3) is 13.3. The van der Waals surface area contributed by atoms with Gasteiger partial charge >= 0.3 is 5.97 Å². The van der Waals surface area contributed by atoms with E-state index >= 15 is 0 Å². The molecular formula is C12H23FO4. The zero-order chi connectivity index (χ0) is 12.8. The molecule has 0 heterocycles. The molecule has 0 N–H and O–H groups in total. The van der Waals surface area contributed by atoms with E-state index in [-0.39, 0.29) is 19.2 Å². The second-order valence-corrected chi connectivity index (χ2v) is 3.59. The zero-order valence-electron chi connectivity index (χ0n) is 10.6. The summed E-state index contributed by atoms with van der Waals surface area (Å²) in [4.78, 5) is 11.1. The highest BCUT2D eigenvalue weighted by Crippen LogP contribution is 2.00. The molecule has 4 nitrogen and oxygen atoms in total. The first kappa shape index (κ1) is 16.3. The average molecular weight is 250 g/mol. The van der Waals surface area contributed by atoms with Crippen molar-refractivity contribution in [2.45, 2.75) is 32.6 Å². The van der Waals surface area contributed by atoms with E-state index in [2.05, 4.69) is 6.92 Å². The molecule has 0 fully saturated rings. The first-order valence-electron chi connectivity index (χ1n) is 6.18. The summed E-state index contributed by atoms with van der Waals surface area (Å²) in [6.07, 6.45) is 3.51. The number of hydrogen-bond donors (Lipinski definition) is 0. The number of unbranched alkanes of at least 4 members (excludes halogenated alkanes) is 2. The van der Waals surface area contributed by atoms with Crippen LogP contribution in [0.2, 0.25) is 0 Å². The Balaban J connectivity index is 3.08. The van der Waals surface area contributed by atoms with Gasteiger partial charge in [0.15, 0.2) is 0 Å². The summed E-state index contributed by atoms with van der Waals surface area (Å²) in [6.45, 7) is 3.11. The monoisotopic (exact) mass is 250 g/mol. The molecule has 0 aromatic heterocycles. The Hall–Kier alpha value is -0.680. The largest absolute Gasteiger partial charge is 0.463 e. The van der Waals surface area contributed by atoms with Crippen molar-refractivity contribution < 1.29 is 23.4 Å². The normalized spacial score (nSPS) is 10.5. The highest BCUT2D eigenvalue weighted by molar-refractivity contribution is 5.69. The van der Waals surface area contributed by atoms with Gasteiger partial charge < -0.3 is 14.2 Å². The summed E-state index contributed by atoms with van der Waals surface area (Å²) in [5.41, 5.74) is 0. The predicted molar refractivity (Wildman–Crippen MR) is 62.7 cm³/mol. The van der Waals surface area contributed by atoms with Crippen LogP contribution in [0.25, 0.3) is 0 Å². The van der Waals surface area contributed by atoms with Crippen LogP contribution >= 0.6 is 0 Å². The highest BCUT2D eigenvalue weighted by Gasteiger charge is 2.01. The van der Waals surface area contributed by atoms with E-state index < -0.39 is 6.67 Å². The van der Waals surface area contributed by atoms with Gasteiger partial charge in [-0.25, -0.2) is 4.39 Å². The molecule has 0 radical (unpaired) electrons. The summed E-state index contributed by atoms with van der Waals surface area (Å²) in [6, 6.07) is 0. The lowest BCUT2D eigenvalue weighted by molar-refractivity contribution is -0.145. The molecule has 0 amide bonds. The third-order valence-electron chi connectivity index (χ3n) is 2.07. The second kappa shape index (κ2) is 13.4. The van der Waals surface area contributed by atoms with Crippen LogP contribution in [0, 0.1) is 0 Å². The topological polar surface area (TPSA) is 44.8 Å². The number of alkyl halides is 1. The fraction of sp³-hybridized carbons (Fsp3) is 0.917. The maximum atomic E-state index is 11.6. The molecule has 0 aromatic rings. The smallest absolute Gasteiger partial charge is 0.305 e. The molecule has 0 aliphatic carbocycles. The van der Waals surface area contributed by atoms with Gasteiger partial charge in [0.2, 0.25) is 0 Å². The van der Waals surface area contributed by atoms with Crippen molar-refractivity contribution in [1.82, 2.24) is 0 Å². The molecule has 5 heteroatoms. The standard InChI is InChI=1S/C12H23FO4/c1-2-3-4-5-12(14)17-11-10-16-9-8-15-7-6-13/h2-11H2,1H3. The van der Waals surface area contributed by atoms with Crippen LogP contribution in [-0.2, 0) is 19.0 Å². The van der Waals surface area contributed by atoms with Crippen molar-refractivity contribution in [3.8, 4) is 0 Å². The SMILES string of the molecule is CCCCCC(=O)OCCOCCOCCF. The van der Waals surface area contributed by atoms with Crippen LogP contribution in [0.1, 0.15) is 32.6 Å². The molecule has 0 saturated carbocycles. The number of carbonyl (C=O) groups is 1. The quantitative estimate of drug-likeness (QED) is 0.393. The molecular weight excluding hydrogens is 227 g/mol. The highest BCUT2D eigenvalue weighted by atomic mass is 19.1. The number of rotatable bonds is 12. The minimum Gasteiger partial charge on any atom is -0.463 e. The number of halogens is 1. The van der Waals surface area contributed by atoms with E-state index in [0.29, 0.717) is 26.2 Å². The summed E-state index contributed by atoms with van der Waals surface area (Å²) < 4.78 is 26.6. The van der Waals surface area contributed by atoms with Crippen molar-refractivity contribution in [3.63, 3.8) is 0 Å². The van der Waals surface area contributed by atoms with Gasteiger partial charge in [-0.15, -0.1) is 0 Å². The van der Waals surface area contributed by atoms with Crippen LogP contribution < -0.4 is 0 Å². The summed E-state index contributed by atoms with van der Waals surface area (Å²) in [5, 5.41) is 0. The average Bonchev–Trinajstić information content (AvgIpc) is 2.33. The summed E-state index contributed by atoms with van der Waals surface area (Å²) in [7, 11) is 0. The lowest BCUT2D eigenvalue weighted by Crippen LogP contribution is -2.13. The minimum absolute atomic E-state index is 0.107. The van der Waals surface area contributed by atoms with Gasteiger partial charge in [-0.2, -0.15) is 0 Å².